The van der Waals surface area contributed by atoms with Crippen molar-refractivity contribution in [2.75, 3.05) is 7.11 Å². The third-order valence-electron chi connectivity index (χ3n) is 2.85. The molecule has 0 aliphatic heterocycles. The maximum absolute atomic E-state index is 11.7. The second-order valence-electron chi connectivity index (χ2n) is 4.25. The Balaban J connectivity index is 2.18. The molecule has 0 aromatic carbocycles. The summed E-state index contributed by atoms with van der Waals surface area (Å²) in [5, 5.41) is 3.59. The topological polar surface area (TPSA) is 93.9 Å². The third kappa shape index (κ3) is 3.02. The van der Waals surface area contributed by atoms with E-state index in [-0.39, 0.29) is 5.76 Å². The summed E-state index contributed by atoms with van der Waals surface area (Å²) < 4.78 is 9.59. The zero-order valence-corrected chi connectivity index (χ0v) is 11.8. The summed E-state index contributed by atoms with van der Waals surface area (Å²) in [6, 6.07) is 3.03. The number of aromatic nitrogens is 1. The van der Waals surface area contributed by atoms with Crippen LogP contribution in [0.1, 0.15) is 37.9 Å². The van der Waals surface area contributed by atoms with Gasteiger partial charge in [-0.1, -0.05) is 5.16 Å². The van der Waals surface area contributed by atoms with Crippen LogP contribution < -0.4 is 0 Å². The Bertz CT molecular complexity index is 683. The van der Waals surface area contributed by atoms with Crippen molar-refractivity contribution in [1.82, 2.24) is 4.98 Å². The van der Waals surface area contributed by atoms with E-state index < -0.39 is 11.9 Å². The van der Waals surface area contributed by atoms with Crippen LogP contribution in [0.3, 0.4) is 0 Å². The molecule has 0 spiro atoms. The third-order valence-corrected chi connectivity index (χ3v) is 2.85. The van der Waals surface area contributed by atoms with Gasteiger partial charge in [0, 0.05) is 17.0 Å². The normalized spacial score (nSPS) is 10.8. The van der Waals surface area contributed by atoms with Gasteiger partial charge >= 0.3 is 11.9 Å². The fourth-order valence-electron chi connectivity index (χ4n) is 1.89. The summed E-state index contributed by atoms with van der Waals surface area (Å²) in [6.07, 6.45) is 2.64. The number of nitrogens with zero attached hydrogens (tertiary/aromatic N) is 1. The lowest BCUT2D eigenvalue weighted by Crippen LogP contribution is -2.06. The number of nitrogens with one attached hydrogen (secondary N) is 1. The molecule has 0 radical (unpaired) electrons. The first-order valence-corrected chi connectivity index (χ1v) is 6.10. The summed E-state index contributed by atoms with van der Waals surface area (Å²) in [7, 11) is 1.29. The zero-order valence-electron chi connectivity index (χ0n) is 11.8. The highest BCUT2D eigenvalue weighted by Gasteiger charge is 2.19. The molecule has 0 fully saturated rings. The molecule has 7 heteroatoms. The van der Waals surface area contributed by atoms with Gasteiger partial charge in [-0.2, -0.15) is 0 Å². The number of esters is 1. The van der Waals surface area contributed by atoms with Crippen LogP contribution in [0.2, 0.25) is 0 Å². The molecule has 0 unspecified atom stereocenters. The van der Waals surface area contributed by atoms with E-state index in [1.165, 1.54) is 25.7 Å². The van der Waals surface area contributed by atoms with Crippen LogP contribution in [0.4, 0.5) is 0 Å². The van der Waals surface area contributed by atoms with Gasteiger partial charge in [-0.25, -0.2) is 9.59 Å². The Hall–Kier alpha value is -2.83. The van der Waals surface area contributed by atoms with E-state index in [0.29, 0.717) is 22.5 Å². The van der Waals surface area contributed by atoms with Gasteiger partial charge in [0.15, 0.2) is 0 Å². The van der Waals surface area contributed by atoms with Gasteiger partial charge in [0.05, 0.1) is 25.2 Å². The van der Waals surface area contributed by atoms with Gasteiger partial charge in [-0.15, -0.1) is 0 Å². The van der Waals surface area contributed by atoms with Gasteiger partial charge in [0.1, 0.15) is 0 Å². The van der Waals surface area contributed by atoms with Gasteiger partial charge in [0.25, 0.3) is 0 Å². The number of rotatable bonds is 4. The Labute approximate surface area is 120 Å². The number of ether oxygens (including phenoxy) is 1. The van der Waals surface area contributed by atoms with Gasteiger partial charge in [0.2, 0.25) is 5.76 Å². The molecule has 0 bridgehead atoms. The van der Waals surface area contributed by atoms with Crippen LogP contribution in [-0.2, 0) is 9.57 Å². The van der Waals surface area contributed by atoms with Crippen LogP contribution in [0, 0.1) is 13.8 Å². The maximum atomic E-state index is 11.7. The van der Waals surface area contributed by atoms with Crippen molar-refractivity contribution < 1.29 is 23.6 Å². The minimum absolute atomic E-state index is 0.0438. The van der Waals surface area contributed by atoms with E-state index in [9.17, 15) is 9.59 Å². The van der Waals surface area contributed by atoms with E-state index in [2.05, 4.69) is 10.1 Å². The molecule has 0 aliphatic rings. The molecule has 0 saturated heterocycles. The number of hydrogen-bond donors (Lipinski definition) is 1. The minimum Gasteiger partial charge on any atom is -0.465 e. The summed E-state index contributed by atoms with van der Waals surface area (Å²) in [6.45, 7) is 3.51. The predicted molar refractivity (Wildman–Crippen MR) is 73.3 cm³/mol. The summed E-state index contributed by atoms with van der Waals surface area (Å²) in [5.74, 6) is -1.17. The lowest BCUT2D eigenvalue weighted by Gasteiger charge is -1.99. The average molecular weight is 290 g/mol. The van der Waals surface area contributed by atoms with Crippen LogP contribution in [-0.4, -0.2) is 30.2 Å². The SMILES string of the molecule is COC(=O)c1c(C)[nH]c(C)c1C=NOC(=O)c1ccco1. The second kappa shape index (κ2) is 6.08. The number of aromatic amines is 1. The number of carbonyl (C=O) groups is 2. The molecule has 0 aliphatic carbocycles. The van der Waals surface area contributed by atoms with E-state index in [1.54, 1.807) is 19.9 Å². The summed E-state index contributed by atoms with van der Waals surface area (Å²) in [5.41, 5.74) is 2.23. The number of hydrogen-bond acceptors (Lipinski definition) is 6. The van der Waals surface area contributed by atoms with Crippen LogP contribution in [0.15, 0.2) is 28.0 Å². The predicted octanol–water partition coefficient (Wildman–Crippen LogP) is 2.20. The van der Waals surface area contributed by atoms with Crippen molar-refractivity contribution in [2.45, 2.75) is 13.8 Å². The first kappa shape index (κ1) is 14.6. The first-order valence-electron chi connectivity index (χ1n) is 6.10. The lowest BCUT2D eigenvalue weighted by molar-refractivity contribution is 0.0482. The van der Waals surface area contributed by atoms with Crippen molar-refractivity contribution in [3.05, 3.63) is 46.7 Å². The molecule has 110 valence electrons. The van der Waals surface area contributed by atoms with Gasteiger partial charge in [-0.3, -0.25) is 0 Å². The van der Waals surface area contributed by atoms with E-state index in [0.717, 1.165) is 0 Å². The summed E-state index contributed by atoms with van der Waals surface area (Å²) >= 11 is 0. The monoisotopic (exact) mass is 290 g/mol. The Morgan fingerprint density at radius 2 is 2.05 bits per heavy atom. The quantitative estimate of drug-likeness (QED) is 0.403. The van der Waals surface area contributed by atoms with Gasteiger partial charge < -0.3 is 19.0 Å². The first-order chi connectivity index (χ1) is 10.0. The van der Waals surface area contributed by atoms with E-state index >= 15 is 0 Å². The molecule has 2 aromatic heterocycles. The minimum atomic E-state index is -0.722. The van der Waals surface area contributed by atoms with Crippen LogP contribution in [0.25, 0.3) is 0 Å². The highest BCUT2D eigenvalue weighted by atomic mass is 16.7. The smallest absolute Gasteiger partial charge is 0.400 e. The molecule has 21 heavy (non-hydrogen) atoms. The van der Waals surface area contributed by atoms with Crippen LogP contribution >= 0.6 is 0 Å². The number of furan rings is 1. The molecule has 2 rings (SSSR count). The van der Waals surface area contributed by atoms with Crippen LogP contribution in [0.5, 0.6) is 0 Å². The molecule has 7 nitrogen and oxygen atoms in total. The molecule has 0 saturated carbocycles. The van der Waals surface area contributed by atoms with Crippen molar-refractivity contribution >= 4 is 18.2 Å². The molecule has 0 amide bonds. The highest BCUT2D eigenvalue weighted by molar-refractivity contribution is 6.01. The van der Waals surface area contributed by atoms with Crippen molar-refractivity contribution in [1.29, 1.82) is 0 Å². The fourth-order valence-corrected chi connectivity index (χ4v) is 1.89. The molecular weight excluding hydrogens is 276 g/mol. The van der Waals surface area contributed by atoms with Crippen molar-refractivity contribution in [2.24, 2.45) is 5.16 Å². The Morgan fingerprint density at radius 3 is 2.67 bits per heavy atom. The number of oxime groups is 1. The van der Waals surface area contributed by atoms with E-state index in [1.807, 2.05) is 0 Å². The Morgan fingerprint density at radius 1 is 1.29 bits per heavy atom. The number of H-pyrrole nitrogens is 1. The van der Waals surface area contributed by atoms with Gasteiger partial charge in [-0.05, 0) is 26.0 Å². The number of carbonyl (C=O) groups excluding carboxylic acids is 2. The summed E-state index contributed by atoms with van der Waals surface area (Å²) in [4.78, 5) is 31.0. The highest BCUT2D eigenvalue weighted by Crippen LogP contribution is 2.17. The average Bonchev–Trinajstić information content (AvgIpc) is 3.07. The second-order valence-corrected chi connectivity index (χ2v) is 4.25. The largest absolute Gasteiger partial charge is 0.465 e. The fraction of sp³-hybridized carbons (Fsp3) is 0.214. The molecule has 2 aromatic rings. The Kier molecular flexibility index (Phi) is 4.22. The standard InChI is InChI=1S/C14H14N2O5/c1-8-10(12(9(2)16-8)14(18)19-3)7-15-21-13(17)11-5-4-6-20-11/h4-7,16H,1-3H3. The van der Waals surface area contributed by atoms with Crippen molar-refractivity contribution in [3.8, 4) is 0 Å². The molecular formula is C14H14N2O5. The van der Waals surface area contributed by atoms with Crippen molar-refractivity contribution in [3.63, 3.8) is 0 Å². The molecule has 1 N–H and O–H groups in total. The zero-order chi connectivity index (χ0) is 15.4. The number of methoxy groups -OCH3 is 1. The maximum Gasteiger partial charge on any atom is 0.400 e. The lowest BCUT2D eigenvalue weighted by atomic mass is 10.1. The molecule has 0 atom stereocenters. The molecule has 2 heterocycles. The number of aryl methyl sites for hydroxylation is 2. The van der Waals surface area contributed by atoms with E-state index in [4.69, 9.17) is 14.0 Å².